The summed E-state index contributed by atoms with van der Waals surface area (Å²) in [6, 6.07) is 7.97. The predicted octanol–water partition coefficient (Wildman–Crippen LogP) is 3.30. The summed E-state index contributed by atoms with van der Waals surface area (Å²) in [5.41, 5.74) is 5.06. The number of nitrogens with one attached hydrogen (secondary N) is 2. The number of fused-ring (bicyclic) bond motifs is 2. The zero-order valence-electron chi connectivity index (χ0n) is 12.1. The van der Waals surface area contributed by atoms with Crippen molar-refractivity contribution in [2.24, 2.45) is 0 Å². The largest absolute Gasteiger partial charge is 0.342 e. The zero-order valence-corrected chi connectivity index (χ0v) is 12.1. The van der Waals surface area contributed by atoms with Crippen LogP contribution in [0.15, 0.2) is 24.4 Å². The fourth-order valence-electron chi connectivity index (χ4n) is 3.71. The minimum absolute atomic E-state index is 0.578. The van der Waals surface area contributed by atoms with Crippen LogP contribution >= 0.6 is 0 Å². The molecule has 3 heterocycles. The van der Waals surface area contributed by atoms with Crippen LogP contribution in [0.5, 0.6) is 0 Å². The first-order valence-corrected chi connectivity index (χ1v) is 7.59. The second kappa shape index (κ2) is 4.45. The minimum Gasteiger partial charge on any atom is -0.342 e. The molecule has 2 N–H and O–H groups in total. The number of aromatic amines is 1. The molecular formula is C17H21N3. The number of aryl methyl sites for hydroxylation is 2. The van der Waals surface area contributed by atoms with Gasteiger partial charge in [0.2, 0.25) is 0 Å². The van der Waals surface area contributed by atoms with Crippen molar-refractivity contribution in [1.82, 2.24) is 15.3 Å². The molecule has 0 radical (unpaired) electrons. The van der Waals surface area contributed by atoms with Crippen molar-refractivity contribution in [1.29, 1.82) is 0 Å². The maximum atomic E-state index is 4.65. The summed E-state index contributed by atoms with van der Waals surface area (Å²) in [4.78, 5) is 8.20. The van der Waals surface area contributed by atoms with E-state index in [-0.39, 0.29) is 0 Å². The molecule has 2 fully saturated rings. The van der Waals surface area contributed by atoms with E-state index in [1.54, 1.807) is 0 Å². The quantitative estimate of drug-likeness (QED) is 0.876. The lowest BCUT2D eigenvalue weighted by Crippen LogP contribution is -2.22. The van der Waals surface area contributed by atoms with E-state index in [0.29, 0.717) is 12.0 Å². The van der Waals surface area contributed by atoms with Crippen LogP contribution in [-0.4, -0.2) is 22.1 Å². The average Bonchev–Trinajstić information content (AvgIpc) is 3.16. The molecule has 3 atom stereocenters. The Morgan fingerprint density at radius 2 is 2.05 bits per heavy atom. The van der Waals surface area contributed by atoms with Crippen molar-refractivity contribution in [2.75, 3.05) is 0 Å². The molecule has 1 aromatic carbocycles. The first-order valence-electron chi connectivity index (χ1n) is 7.59. The predicted molar refractivity (Wildman–Crippen MR) is 80.8 cm³/mol. The van der Waals surface area contributed by atoms with Gasteiger partial charge < -0.3 is 10.3 Å². The SMILES string of the molecule is Cc1ccc(-c2cnc(C3CC4CCC3N4)[nH]2)cc1C. The van der Waals surface area contributed by atoms with Gasteiger partial charge in [0.05, 0.1) is 11.9 Å². The topological polar surface area (TPSA) is 40.7 Å². The Hall–Kier alpha value is -1.61. The molecule has 2 aromatic rings. The van der Waals surface area contributed by atoms with Gasteiger partial charge in [-0.3, -0.25) is 0 Å². The van der Waals surface area contributed by atoms with E-state index in [4.69, 9.17) is 0 Å². The van der Waals surface area contributed by atoms with Gasteiger partial charge in [0, 0.05) is 18.0 Å². The Balaban J connectivity index is 1.63. The smallest absolute Gasteiger partial charge is 0.111 e. The highest BCUT2D eigenvalue weighted by Gasteiger charge is 2.41. The van der Waals surface area contributed by atoms with E-state index >= 15 is 0 Å². The number of imidazole rings is 1. The van der Waals surface area contributed by atoms with Crippen molar-refractivity contribution < 1.29 is 0 Å². The summed E-state index contributed by atoms with van der Waals surface area (Å²) in [7, 11) is 0. The highest BCUT2D eigenvalue weighted by Crippen LogP contribution is 2.39. The second-order valence-corrected chi connectivity index (χ2v) is 6.37. The maximum Gasteiger partial charge on any atom is 0.111 e. The summed E-state index contributed by atoms with van der Waals surface area (Å²) < 4.78 is 0. The van der Waals surface area contributed by atoms with Crippen LogP contribution in [0.3, 0.4) is 0 Å². The molecule has 3 unspecified atom stereocenters. The van der Waals surface area contributed by atoms with Gasteiger partial charge in [-0.15, -0.1) is 0 Å². The fourth-order valence-corrected chi connectivity index (χ4v) is 3.71. The Labute approximate surface area is 119 Å². The lowest BCUT2D eigenvalue weighted by Gasteiger charge is -2.17. The molecule has 104 valence electrons. The highest BCUT2D eigenvalue weighted by molar-refractivity contribution is 5.60. The molecule has 3 heteroatoms. The Morgan fingerprint density at radius 1 is 1.15 bits per heavy atom. The summed E-state index contributed by atoms with van der Waals surface area (Å²) >= 11 is 0. The van der Waals surface area contributed by atoms with Gasteiger partial charge in [0.1, 0.15) is 5.82 Å². The molecule has 2 aliphatic heterocycles. The third-order valence-corrected chi connectivity index (χ3v) is 5.06. The second-order valence-electron chi connectivity index (χ2n) is 6.37. The molecular weight excluding hydrogens is 246 g/mol. The van der Waals surface area contributed by atoms with Gasteiger partial charge in [0.25, 0.3) is 0 Å². The number of rotatable bonds is 2. The van der Waals surface area contributed by atoms with Crippen LogP contribution in [-0.2, 0) is 0 Å². The third kappa shape index (κ3) is 1.88. The molecule has 3 nitrogen and oxygen atoms in total. The van der Waals surface area contributed by atoms with Crippen molar-refractivity contribution in [3.05, 3.63) is 41.3 Å². The monoisotopic (exact) mass is 267 g/mol. The first kappa shape index (κ1) is 12.2. The maximum absolute atomic E-state index is 4.65. The molecule has 4 rings (SSSR count). The Kier molecular flexibility index (Phi) is 2.71. The third-order valence-electron chi connectivity index (χ3n) is 5.06. The number of aromatic nitrogens is 2. The van der Waals surface area contributed by atoms with Gasteiger partial charge in [-0.2, -0.15) is 0 Å². The summed E-state index contributed by atoms with van der Waals surface area (Å²) in [6.45, 7) is 4.31. The molecule has 1 aromatic heterocycles. The van der Waals surface area contributed by atoms with Crippen LogP contribution in [0.1, 0.15) is 42.1 Å². The van der Waals surface area contributed by atoms with Crippen molar-refractivity contribution in [3.8, 4) is 11.3 Å². The first-order chi connectivity index (χ1) is 9.70. The number of hydrogen-bond acceptors (Lipinski definition) is 2. The van der Waals surface area contributed by atoms with E-state index in [0.717, 1.165) is 17.6 Å². The van der Waals surface area contributed by atoms with E-state index in [2.05, 4.69) is 47.3 Å². The molecule has 0 aliphatic carbocycles. The van der Waals surface area contributed by atoms with E-state index in [1.165, 1.54) is 36.0 Å². The molecule has 0 amide bonds. The summed E-state index contributed by atoms with van der Waals surface area (Å²) in [5, 5.41) is 3.68. The average molecular weight is 267 g/mol. The van der Waals surface area contributed by atoms with Crippen molar-refractivity contribution >= 4 is 0 Å². The van der Waals surface area contributed by atoms with Gasteiger partial charge in [0.15, 0.2) is 0 Å². The number of H-pyrrole nitrogens is 1. The van der Waals surface area contributed by atoms with Gasteiger partial charge in [-0.25, -0.2) is 4.98 Å². The van der Waals surface area contributed by atoms with Gasteiger partial charge in [-0.05, 0) is 55.9 Å². The number of nitrogens with zero attached hydrogens (tertiary/aromatic N) is 1. The summed E-state index contributed by atoms with van der Waals surface area (Å²) in [5.74, 6) is 1.74. The fraction of sp³-hybridized carbons (Fsp3) is 0.471. The zero-order chi connectivity index (χ0) is 13.7. The molecule has 0 spiro atoms. The van der Waals surface area contributed by atoms with Crippen LogP contribution in [0.2, 0.25) is 0 Å². The Bertz CT molecular complexity index is 643. The van der Waals surface area contributed by atoms with Gasteiger partial charge in [-0.1, -0.05) is 12.1 Å². The van der Waals surface area contributed by atoms with Crippen molar-refractivity contribution in [2.45, 2.75) is 51.1 Å². The standard InChI is InChI=1S/C17H21N3/c1-10-3-4-12(7-11(10)2)16-9-18-17(20-16)14-8-13-5-6-15(14)19-13/h3-4,7,9,13-15,19H,5-6,8H2,1-2H3,(H,18,20). The normalized spacial score (nSPS) is 28.2. The van der Waals surface area contributed by atoms with Crippen LogP contribution in [0, 0.1) is 13.8 Å². The van der Waals surface area contributed by atoms with Crippen LogP contribution in [0.25, 0.3) is 11.3 Å². The highest BCUT2D eigenvalue weighted by atomic mass is 15.1. The molecule has 20 heavy (non-hydrogen) atoms. The lowest BCUT2D eigenvalue weighted by atomic mass is 9.89. The molecule has 0 saturated carbocycles. The van der Waals surface area contributed by atoms with Crippen molar-refractivity contribution in [3.63, 3.8) is 0 Å². The van der Waals surface area contributed by atoms with Gasteiger partial charge >= 0.3 is 0 Å². The number of hydrogen-bond donors (Lipinski definition) is 2. The summed E-state index contributed by atoms with van der Waals surface area (Å²) in [6.07, 6.45) is 5.87. The molecule has 2 aliphatic rings. The van der Waals surface area contributed by atoms with Crippen LogP contribution < -0.4 is 5.32 Å². The Morgan fingerprint density at radius 3 is 2.75 bits per heavy atom. The van der Waals surface area contributed by atoms with E-state index < -0.39 is 0 Å². The molecule has 2 saturated heterocycles. The van der Waals surface area contributed by atoms with Crippen LogP contribution in [0.4, 0.5) is 0 Å². The number of benzene rings is 1. The molecule has 2 bridgehead atoms. The minimum atomic E-state index is 0.578. The van der Waals surface area contributed by atoms with E-state index in [9.17, 15) is 0 Å². The van der Waals surface area contributed by atoms with E-state index in [1.807, 2.05) is 6.20 Å². The lowest BCUT2D eigenvalue weighted by molar-refractivity contribution is 0.490.